The zero-order chi connectivity index (χ0) is 12.7. The van der Waals surface area contributed by atoms with Crippen molar-refractivity contribution in [1.29, 1.82) is 0 Å². The average molecular weight is 247 g/mol. The second kappa shape index (κ2) is 6.32. The molecule has 0 spiro atoms. The van der Waals surface area contributed by atoms with Gasteiger partial charge in [0.05, 0.1) is 23.8 Å². The maximum Gasteiger partial charge on any atom is 0.389 e. The van der Waals surface area contributed by atoms with Gasteiger partial charge in [-0.3, -0.25) is 4.98 Å². The fourth-order valence-corrected chi connectivity index (χ4v) is 1.36. The largest absolute Gasteiger partial charge is 0.389 e. The van der Waals surface area contributed by atoms with Gasteiger partial charge in [-0.2, -0.15) is 13.2 Å². The zero-order valence-electron chi connectivity index (χ0n) is 9.64. The van der Waals surface area contributed by atoms with Gasteiger partial charge in [0, 0.05) is 20.0 Å². The van der Waals surface area contributed by atoms with Crippen molar-refractivity contribution in [3.8, 4) is 0 Å². The molecule has 17 heavy (non-hydrogen) atoms. The summed E-state index contributed by atoms with van der Waals surface area (Å²) in [6, 6.07) is 1.86. The lowest BCUT2D eigenvalue weighted by atomic mass is 10.2. The minimum atomic E-state index is -4.05. The minimum absolute atomic E-state index is 0.148. The molecule has 0 radical (unpaired) electrons. The highest BCUT2D eigenvalue weighted by atomic mass is 19.4. The van der Waals surface area contributed by atoms with Gasteiger partial charge in [-0.25, -0.2) is 0 Å². The fraction of sp³-hybridized carbons (Fsp3) is 0.545. The van der Waals surface area contributed by atoms with Crippen LogP contribution in [0.3, 0.4) is 0 Å². The molecule has 0 aliphatic heterocycles. The van der Waals surface area contributed by atoms with E-state index in [9.17, 15) is 13.2 Å². The van der Waals surface area contributed by atoms with E-state index in [2.05, 4.69) is 15.6 Å². The Bertz CT molecular complexity index is 339. The van der Waals surface area contributed by atoms with Crippen LogP contribution in [-0.2, 0) is 0 Å². The summed E-state index contributed by atoms with van der Waals surface area (Å²) in [5.74, 6) is 0. The molecule has 0 aliphatic carbocycles. The van der Waals surface area contributed by atoms with E-state index in [0.717, 1.165) is 11.4 Å². The van der Waals surface area contributed by atoms with E-state index in [-0.39, 0.29) is 6.42 Å². The molecule has 0 bridgehead atoms. The highest BCUT2D eigenvalue weighted by molar-refractivity contribution is 5.53. The van der Waals surface area contributed by atoms with Crippen LogP contribution in [0.4, 0.5) is 24.5 Å². The van der Waals surface area contributed by atoms with E-state index in [0.29, 0.717) is 13.0 Å². The molecule has 1 aromatic rings. The lowest BCUT2D eigenvalue weighted by Gasteiger charge is -2.08. The first-order valence-corrected chi connectivity index (χ1v) is 5.45. The van der Waals surface area contributed by atoms with Crippen LogP contribution in [0.15, 0.2) is 18.5 Å². The van der Waals surface area contributed by atoms with Crippen molar-refractivity contribution < 1.29 is 13.2 Å². The first kappa shape index (κ1) is 13.6. The lowest BCUT2D eigenvalue weighted by Crippen LogP contribution is -2.08. The summed E-state index contributed by atoms with van der Waals surface area (Å²) in [6.45, 7) is 0.519. The first-order chi connectivity index (χ1) is 8.01. The van der Waals surface area contributed by atoms with E-state index in [4.69, 9.17) is 0 Å². The summed E-state index contributed by atoms with van der Waals surface area (Å²) in [5.41, 5.74) is 1.68. The Kier molecular flexibility index (Phi) is 5.06. The minimum Gasteiger partial charge on any atom is -0.387 e. The van der Waals surface area contributed by atoms with Gasteiger partial charge in [0.15, 0.2) is 0 Å². The molecular weight excluding hydrogens is 231 g/mol. The molecule has 0 saturated carbocycles. The van der Waals surface area contributed by atoms with Crippen molar-refractivity contribution in [3.05, 3.63) is 18.5 Å². The number of hydrogen-bond acceptors (Lipinski definition) is 3. The molecule has 2 N–H and O–H groups in total. The predicted molar refractivity (Wildman–Crippen MR) is 62.2 cm³/mol. The SMILES string of the molecule is CNc1cncc(NCCCCC(F)(F)F)c1. The van der Waals surface area contributed by atoms with Gasteiger partial charge in [-0.15, -0.1) is 0 Å². The van der Waals surface area contributed by atoms with Gasteiger partial charge >= 0.3 is 6.18 Å². The van der Waals surface area contributed by atoms with Gasteiger partial charge in [0.1, 0.15) is 0 Å². The molecule has 0 unspecified atom stereocenters. The number of nitrogens with zero attached hydrogens (tertiary/aromatic N) is 1. The van der Waals surface area contributed by atoms with E-state index in [1.807, 2.05) is 6.07 Å². The zero-order valence-corrected chi connectivity index (χ0v) is 9.64. The second-order valence-electron chi connectivity index (χ2n) is 3.71. The van der Waals surface area contributed by atoms with Gasteiger partial charge in [-0.1, -0.05) is 0 Å². The van der Waals surface area contributed by atoms with E-state index in [1.54, 1.807) is 19.4 Å². The van der Waals surface area contributed by atoms with E-state index >= 15 is 0 Å². The standard InChI is InChI=1S/C11H16F3N3/c1-15-9-6-10(8-16-7-9)17-5-3-2-4-11(12,13)14/h6-8,15,17H,2-5H2,1H3. The van der Waals surface area contributed by atoms with Crippen molar-refractivity contribution in [1.82, 2.24) is 4.98 Å². The monoisotopic (exact) mass is 247 g/mol. The molecule has 0 atom stereocenters. The molecule has 0 amide bonds. The Hall–Kier alpha value is -1.46. The summed E-state index contributed by atoms with van der Waals surface area (Å²) in [7, 11) is 1.78. The summed E-state index contributed by atoms with van der Waals surface area (Å²) < 4.78 is 35.6. The molecule has 1 aromatic heterocycles. The van der Waals surface area contributed by atoms with Crippen LogP contribution in [0, 0.1) is 0 Å². The molecule has 0 aliphatic rings. The molecular formula is C11H16F3N3. The quantitative estimate of drug-likeness (QED) is 0.757. The Morgan fingerprint density at radius 3 is 2.53 bits per heavy atom. The Morgan fingerprint density at radius 2 is 1.88 bits per heavy atom. The van der Waals surface area contributed by atoms with Crippen LogP contribution in [0.25, 0.3) is 0 Å². The number of aromatic nitrogens is 1. The predicted octanol–water partition coefficient (Wildman–Crippen LogP) is 3.27. The smallest absolute Gasteiger partial charge is 0.387 e. The molecule has 0 aromatic carbocycles. The van der Waals surface area contributed by atoms with Crippen LogP contribution < -0.4 is 10.6 Å². The van der Waals surface area contributed by atoms with Crippen molar-refractivity contribution in [2.45, 2.75) is 25.4 Å². The number of pyridine rings is 1. The Balaban J connectivity index is 2.22. The Morgan fingerprint density at radius 1 is 1.18 bits per heavy atom. The molecule has 1 heterocycles. The number of anilines is 2. The number of halogens is 3. The van der Waals surface area contributed by atoms with Crippen molar-refractivity contribution >= 4 is 11.4 Å². The summed E-state index contributed by atoms with van der Waals surface area (Å²) in [6.07, 6.45) is -0.810. The number of rotatable bonds is 6. The van der Waals surface area contributed by atoms with Gasteiger partial charge < -0.3 is 10.6 Å². The van der Waals surface area contributed by atoms with Crippen LogP contribution >= 0.6 is 0 Å². The number of hydrogen-bond donors (Lipinski definition) is 2. The molecule has 6 heteroatoms. The summed E-state index contributed by atoms with van der Waals surface area (Å²) in [4.78, 5) is 3.99. The van der Waals surface area contributed by atoms with Gasteiger partial charge in [0.25, 0.3) is 0 Å². The molecule has 1 rings (SSSR count). The summed E-state index contributed by atoms with van der Waals surface area (Å²) >= 11 is 0. The van der Waals surface area contributed by atoms with E-state index < -0.39 is 12.6 Å². The molecule has 96 valence electrons. The molecule has 3 nitrogen and oxygen atoms in total. The highest BCUT2D eigenvalue weighted by Gasteiger charge is 2.25. The number of alkyl halides is 3. The van der Waals surface area contributed by atoms with Crippen molar-refractivity contribution in [2.24, 2.45) is 0 Å². The van der Waals surface area contributed by atoms with Crippen LogP contribution in [0.2, 0.25) is 0 Å². The van der Waals surface area contributed by atoms with E-state index in [1.165, 1.54) is 0 Å². The average Bonchev–Trinajstić information content (AvgIpc) is 2.27. The maximum absolute atomic E-state index is 11.9. The van der Waals surface area contributed by atoms with Gasteiger partial charge in [0.2, 0.25) is 0 Å². The highest BCUT2D eigenvalue weighted by Crippen LogP contribution is 2.22. The van der Waals surface area contributed by atoms with Crippen molar-refractivity contribution in [2.75, 3.05) is 24.2 Å². The second-order valence-corrected chi connectivity index (χ2v) is 3.71. The topological polar surface area (TPSA) is 37.0 Å². The van der Waals surface area contributed by atoms with Gasteiger partial charge in [-0.05, 0) is 18.9 Å². The number of unbranched alkanes of at least 4 members (excludes halogenated alkanes) is 1. The molecule has 0 fully saturated rings. The van der Waals surface area contributed by atoms with Crippen LogP contribution in [-0.4, -0.2) is 24.8 Å². The van der Waals surface area contributed by atoms with Crippen LogP contribution in [0.1, 0.15) is 19.3 Å². The normalized spacial score (nSPS) is 11.3. The Labute approximate surface area is 98.4 Å². The fourth-order valence-electron chi connectivity index (χ4n) is 1.36. The number of nitrogens with one attached hydrogen (secondary N) is 2. The summed E-state index contributed by atoms with van der Waals surface area (Å²) in [5, 5.41) is 5.97. The van der Waals surface area contributed by atoms with Crippen LogP contribution in [0.5, 0.6) is 0 Å². The third-order valence-electron chi connectivity index (χ3n) is 2.24. The third kappa shape index (κ3) is 5.99. The third-order valence-corrected chi connectivity index (χ3v) is 2.24. The maximum atomic E-state index is 11.9. The molecule has 0 saturated heterocycles. The van der Waals surface area contributed by atoms with Crippen molar-refractivity contribution in [3.63, 3.8) is 0 Å². The lowest BCUT2D eigenvalue weighted by molar-refractivity contribution is -0.135. The first-order valence-electron chi connectivity index (χ1n) is 5.45.